The second kappa shape index (κ2) is 15.2. The van der Waals surface area contributed by atoms with E-state index in [9.17, 15) is 9.90 Å². The zero-order chi connectivity index (χ0) is 16.5. The number of carbonyl (C=O) groups is 1. The van der Waals surface area contributed by atoms with Gasteiger partial charge in [0.25, 0.3) is 0 Å². The Morgan fingerprint density at radius 3 is 2.55 bits per heavy atom. The van der Waals surface area contributed by atoms with Crippen molar-refractivity contribution < 1.29 is 14.6 Å². The van der Waals surface area contributed by atoms with E-state index < -0.39 is 0 Å². The van der Waals surface area contributed by atoms with Gasteiger partial charge < -0.3 is 9.84 Å². The molecule has 0 amide bonds. The fourth-order valence-electron chi connectivity index (χ4n) is 1.47. The number of hydrogen-bond donors (Lipinski definition) is 1. The molecule has 0 aromatic rings. The molecule has 0 spiro atoms. The third-order valence-electron chi connectivity index (χ3n) is 2.51. The lowest BCUT2D eigenvalue weighted by Crippen LogP contribution is -2.04. The number of ether oxygens (including phenoxy) is 1. The molecule has 0 rings (SSSR count). The first-order valence-electron chi connectivity index (χ1n) is 7.46. The molecule has 1 atom stereocenters. The molecule has 118 valence electrons. The van der Waals surface area contributed by atoms with E-state index in [2.05, 4.69) is 30.6 Å². The highest BCUT2D eigenvalue weighted by Crippen LogP contribution is 2.04. The Bertz CT molecular complexity index is 504. The largest absolute Gasteiger partial charge is 0.462 e. The van der Waals surface area contributed by atoms with Gasteiger partial charge in [-0.1, -0.05) is 43.4 Å². The van der Waals surface area contributed by atoms with Crippen molar-refractivity contribution in [3.63, 3.8) is 0 Å². The third kappa shape index (κ3) is 15.8. The Hall–Kier alpha value is -2.23. The maximum Gasteiger partial charge on any atom is 0.302 e. The number of hydrogen-bond acceptors (Lipinski definition) is 3. The summed E-state index contributed by atoms with van der Waals surface area (Å²) in [6, 6.07) is 0. The van der Waals surface area contributed by atoms with E-state index in [1.165, 1.54) is 6.92 Å². The van der Waals surface area contributed by atoms with Crippen LogP contribution in [0.5, 0.6) is 0 Å². The normalized spacial score (nSPS) is 12.0. The van der Waals surface area contributed by atoms with Crippen LogP contribution in [0.1, 0.15) is 39.5 Å². The summed E-state index contributed by atoms with van der Waals surface area (Å²) >= 11 is 0. The first kappa shape index (κ1) is 19.8. The quantitative estimate of drug-likeness (QED) is 0.425. The Morgan fingerprint density at radius 1 is 1.14 bits per heavy atom. The van der Waals surface area contributed by atoms with E-state index in [1.807, 2.05) is 18.2 Å². The van der Waals surface area contributed by atoms with Crippen LogP contribution >= 0.6 is 0 Å². The molecule has 0 aliphatic heterocycles. The van der Waals surface area contributed by atoms with Crippen LogP contribution in [0.15, 0.2) is 36.5 Å². The summed E-state index contributed by atoms with van der Waals surface area (Å²) in [4.78, 5) is 10.5. The van der Waals surface area contributed by atoms with E-state index in [0.717, 1.165) is 25.7 Å². The van der Waals surface area contributed by atoms with Crippen molar-refractivity contribution in [2.75, 3.05) is 6.61 Å². The molecule has 0 fully saturated rings. The number of allylic oxidation sites excluding steroid dienone is 5. The predicted octanol–water partition coefficient (Wildman–Crippen LogP) is 3.17. The summed E-state index contributed by atoms with van der Waals surface area (Å²) in [5.41, 5.74) is 0. The summed E-state index contributed by atoms with van der Waals surface area (Å²) < 4.78 is 4.70. The van der Waals surface area contributed by atoms with Gasteiger partial charge in [-0.15, -0.1) is 0 Å². The van der Waals surface area contributed by atoms with Crippen LogP contribution in [0, 0.1) is 23.7 Å². The predicted molar refractivity (Wildman–Crippen MR) is 89.8 cm³/mol. The van der Waals surface area contributed by atoms with Crippen molar-refractivity contribution in [3.8, 4) is 23.7 Å². The van der Waals surface area contributed by atoms with E-state index in [1.54, 1.807) is 18.2 Å². The SMILES string of the molecule is CCC[C@@H](O)CC/C=C/C=C/C#CC#C/C=C/COC(C)=O. The number of rotatable bonds is 8. The maximum atomic E-state index is 10.5. The minimum atomic E-state index is -0.310. The molecule has 0 aromatic heterocycles. The zero-order valence-corrected chi connectivity index (χ0v) is 13.3. The summed E-state index contributed by atoms with van der Waals surface area (Å²) in [5, 5.41) is 9.53. The van der Waals surface area contributed by atoms with Gasteiger partial charge in [0.2, 0.25) is 0 Å². The van der Waals surface area contributed by atoms with Crippen molar-refractivity contribution in [2.24, 2.45) is 0 Å². The van der Waals surface area contributed by atoms with E-state index in [0.29, 0.717) is 0 Å². The Labute approximate surface area is 133 Å². The summed E-state index contributed by atoms with van der Waals surface area (Å²) in [7, 11) is 0. The van der Waals surface area contributed by atoms with Crippen LogP contribution in [-0.2, 0) is 9.53 Å². The van der Waals surface area contributed by atoms with Crippen LogP contribution in [0.2, 0.25) is 0 Å². The topological polar surface area (TPSA) is 46.5 Å². The van der Waals surface area contributed by atoms with Gasteiger partial charge in [-0.2, -0.15) is 0 Å². The average molecular weight is 300 g/mol. The van der Waals surface area contributed by atoms with Crippen molar-refractivity contribution in [1.82, 2.24) is 0 Å². The molecule has 22 heavy (non-hydrogen) atoms. The molecule has 0 saturated carbocycles. The number of esters is 1. The Balaban J connectivity index is 3.80. The van der Waals surface area contributed by atoms with Gasteiger partial charge >= 0.3 is 5.97 Å². The lowest BCUT2D eigenvalue weighted by molar-refractivity contribution is -0.139. The van der Waals surface area contributed by atoms with Crippen LogP contribution in [0.4, 0.5) is 0 Å². The highest BCUT2D eigenvalue weighted by Gasteiger charge is 1.98. The molecule has 3 nitrogen and oxygen atoms in total. The summed E-state index contributed by atoms with van der Waals surface area (Å²) in [6.07, 6.45) is 14.1. The number of carbonyl (C=O) groups excluding carboxylic acids is 1. The minimum absolute atomic E-state index is 0.192. The van der Waals surface area contributed by atoms with Crippen molar-refractivity contribution in [2.45, 2.75) is 45.6 Å². The molecule has 0 heterocycles. The molecule has 0 aliphatic rings. The van der Waals surface area contributed by atoms with Crippen molar-refractivity contribution in [1.29, 1.82) is 0 Å². The minimum Gasteiger partial charge on any atom is -0.462 e. The fourth-order valence-corrected chi connectivity index (χ4v) is 1.47. The first-order valence-corrected chi connectivity index (χ1v) is 7.46. The van der Waals surface area contributed by atoms with Gasteiger partial charge in [-0.05, 0) is 49.3 Å². The first-order chi connectivity index (χ1) is 10.7. The molecular weight excluding hydrogens is 276 g/mol. The second-order valence-corrected chi connectivity index (χ2v) is 4.55. The van der Waals surface area contributed by atoms with Gasteiger partial charge in [0.15, 0.2) is 0 Å². The summed E-state index contributed by atoms with van der Waals surface area (Å²) in [6.45, 7) is 3.66. The summed E-state index contributed by atoms with van der Waals surface area (Å²) in [5.74, 6) is 10.5. The van der Waals surface area contributed by atoms with Gasteiger partial charge in [-0.3, -0.25) is 4.79 Å². The van der Waals surface area contributed by atoms with Crippen molar-refractivity contribution >= 4 is 5.97 Å². The lowest BCUT2D eigenvalue weighted by Gasteiger charge is -2.05. The zero-order valence-electron chi connectivity index (χ0n) is 13.3. The van der Waals surface area contributed by atoms with Crippen molar-refractivity contribution in [3.05, 3.63) is 36.5 Å². The molecular formula is C19H24O3. The third-order valence-corrected chi connectivity index (χ3v) is 2.51. The molecule has 0 bridgehead atoms. The fraction of sp³-hybridized carbons (Fsp3) is 0.421. The van der Waals surface area contributed by atoms with Crippen LogP contribution in [0.3, 0.4) is 0 Å². The van der Waals surface area contributed by atoms with E-state index >= 15 is 0 Å². The highest BCUT2D eigenvalue weighted by molar-refractivity contribution is 5.66. The second-order valence-electron chi connectivity index (χ2n) is 4.55. The van der Waals surface area contributed by atoms with Crippen LogP contribution < -0.4 is 0 Å². The van der Waals surface area contributed by atoms with E-state index in [4.69, 9.17) is 4.74 Å². The lowest BCUT2D eigenvalue weighted by atomic mass is 10.1. The standard InChI is InChI=1S/C19H24O3/c1-3-15-19(21)16-13-11-9-7-5-4-6-8-10-12-14-17-22-18(2)20/h5,7,9,11-12,14,19,21H,3,13,15-17H2,1-2H3/b7-5+,11-9+,14-12+/t19-/m1/s1. The number of aliphatic hydroxyl groups excluding tert-OH is 1. The van der Waals surface area contributed by atoms with Gasteiger partial charge in [0.05, 0.1) is 6.10 Å². The van der Waals surface area contributed by atoms with Gasteiger partial charge in [-0.25, -0.2) is 0 Å². The van der Waals surface area contributed by atoms with Gasteiger partial charge in [0, 0.05) is 6.92 Å². The number of aliphatic hydroxyl groups is 1. The monoisotopic (exact) mass is 300 g/mol. The highest BCUT2D eigenvalue weighted by atomic mass is 16.5. The molecule has 0 aliphatic carbocycles. The molecule has 0 aromatic carbocycles. The Morgan fingerprint density at radius 2 is 1.86 bits per heavy atom. The van der Waals surface area contributed by atoms with Crippen LogP contribution in [0.25, 0.3) is 0 Å². The van der Waals surface area contributed by atoms with E-state index in [-0.39, 0.29) is 18.7 Å². The van der Waals surface area contributed by atoms with Gasteiger partial charge in [0.1, 0.15) is 6.61 Å². The molecule has 1 N–H and O–H groups in total. The molecule has 0 radical (unpaired) electrons. The Kier molecular flexibility index (Phi) is 13.6. The maximum absolute atomic E-state index is 10.5. The van der Waals surface area contributed by atoms with Crippen LogP contribution in [-0.4, -0.2) is 23.8 Å². The molecule has 3 heteroatoms. The molecule has 0 saturated heterocycles. The average Bonchev–Trinajstić information content (AvgIpc) is 2.47. The molecule has 0 unspecified atom stereocenters. The smallest absolute Gasteiger partial charge is 0.302 e.